The fraction of sp³-hybridized carbons (Fsp3) is 0.857. The average molecular weight is 1340 g/mol. The first-order valence-electron chi connectivity index (χ1n) is 41.1. The predicted molar refractivity (Wildman–Crippen MR) is 403 cm³/mol. The molecule has 0 aliphatic carbocycles. The monoisotopic (exact) mass is 1340 g/mol. The van der Waals surface area contributed by atoms with Crippen LogP contribution in [0, 0.1) is 0 Å². The van der Waals surface area contributed by atoms with Crippen molar-refractivity contribution in [2.24, 2.45) is 0 Å². The number of aliphatic hydroxyl groups excluding tert-OH is 5. The average Bonchev–Trinajstić information content (AvgIpc) is 0.846. The summed E-state index contributed by atoms with van der Waals surface area (Å²) in [5, 5.41) is 54.5. The zero-order chi connectivity index (χ0) is 68.6. The van der Waals surface area contributed by atoms with Gasteiger partial charge in [0, 0.05) is 12.8 Å². The molecule has 0 radical (unpaired) electrons. The van der Waals surface area contributed by atoms with Crippen LogP contribution >= 0.6 is 0 Å². The lowest BCUT2D eigenvalue weighted by atomic mass is 9.99. The van der Waals surface area contributed by atoms with Gasteiger partial charge in [-0.15, -0.1) is 0 Å². The highest BCUT2D eigenvalue weighted by Crippen LogP contribution is 2.24. The Bertz CT molecular complexity index is 1770. The number of carbonyl (C=O) groups excluding carboxylic acids is 2. The fourth-order valence-corrected chi connectivity index (χ4v) is 12.9. The molecule has 1 fully saturated rings. The summed E-state index contributed by atoms with van der Waals surface area (Å²) in [5.74, 6) is -0.171. The Morgan fingerprint density at radius 2 is 0.705 bits per heavy atom. The van der Waals surface area contributed by atoms with Crippen LogP contribution in [0.4, 0.5) is 0 Å². The fourth-order valence-electron chi connectivity index (χ4n) is 12.9. The Morgan fingerprint density at radius 3 is 1.08 bits per heavy atom. The van der Waals surface area contributed by atoms with Crippen LogP contribution in [0.5, 0.6) is 0 Å². The zero-order valence-electron chi connectivity index (χ0n) is 62.1. The van der Waals surface area contributed by atoms with E-state index >= 15 is 0 Å². The van der Waals surface area contributed by atoms with Crippen molar-refractivity contribution in [3.05, 3.63) is 60.8 Å². The topological polar surface area (TPSA) is 175 Å². The van der Waals surface area contributed by atoms with E-state index in [4.69, 9.17) is 14.2 Å². The van der Waals surface area contributed by atoms with E-state index in [1.54, 1.807) is 6.08 Å². The molecule has 7 unspecified atom stereocenters. The van der Waals surface area contributed by atoms with Gasteiger partial charge in [0.1, 0.15) is 24.4 Å². The second kappa shape index (κ2) is 72.6. The number of nitrogens with one attached hydrogen (secondary N) is 1. The summed E-state index contributed by atoms with van der Waals surface area (Å²) in [7, 11) is 0. The van der Waals surface area contributed by atoms with Crippen LogP contribution in [0.3, 0.4) is 0 Å². The Hall–Kier alpha value is -2.64. The molecule has 1 heterocycles. The van der Waals surface area contributed by atoms with Gasteiger partial charge in [0.25, 0.3) is 0 Å². The van der Waals surface area contributed by atoms with Crippen molar-refractivity contribution in [2.45, 2.75) is 442 Å². The van der Waals surface area contributed by atoms with E-state index in [0.29, 0.717) is 19.4 Å². The molecule has 1 amide bonds. The molecule has 11 heteroatoms. The molecule has 6 N–H and O–H groups in total. The third-order valence-electron chi connectivity index (χ3n) is 19.3. The number of hydrogen-bond donors (Lipinski definition) is 6. The van der Waals surface area contributed by atoms with Crippen LogP contribution < -0.4 is 5.32 Å². The summed E-state index contributed by atoms with van der Waals surface area (Å²) < 4.78 is 16.8. The lowest BCUT2D eigenvalue weighted by Gasteiger charge is -2.40. The van der Waals surface area contributed by atoms with E-state index in [2.05, 4.69) is 67.8 Å². The smallest absolute Gasteiger partial charge is 0.305 e. The van der Waals surface area contributed by atoms with Gasteiger partial charge >= 0.3 is 5.97 Å². The standard InChI is InChI=1S/C84H155NO10/c1-3-5-7-9-11-13-15-16-17-41-45-48-52-56-60-64-68-72-80(89)93-73-69-65-61-57-53-49-46-43-40-38-36-34-32-30-28-26-24-22-20-18-19-21-23-25-27-29-31-33-35-37-39-42-44-47-51-55-59-63-67-71-79(88)85-76(75-94-84-83(92)82(91)81(90)78(74-86)95-84)77(87)70-66-62-58-54-50-14-12-10-8-6-4-2/h11,13,16-19,22,24,66,70,76-78,81-84,86-87,90-92H,3-10,12,14-15,20-21,23,25-65,67-69,71-75H2,1-2H3,(H,85,88)/b13-11-,17-16-,19-18-,24-22-,70-66+. The highest BCUT2D eigenvalue weighted by atomic mass is 16.7. The van der Waals surface area contributed by atoms with Crippen molar-refractivity contribution >= 4 is 11.9 Å². The summed E-state index contributed by atoms with van der Waals surface area (Å²) >= 11 is 0. The molecular weight excluding hydrogens is 1180 g/mol. The number of aliphatic hydroxyl groups is 5. The number of amides is 1. The molecule has 556 valence electrons. The SMILES string of the molecule is CCCCC/C=C\C/C=C\CCCCCCCCCC(=O)OCCCCCCCCCCCCCCCCC/C=C\C/C=C\CCCCCCCCCCCCCCCCCCCC(=O)NC(COC1OC(CO)C(O)C(O)C1O)C(O)/C=C/CCCCCCCCCCC. The minimum absolute atomic E-state index is 0.00700. The van der Waals surface area contributed by atoms with Crippen molar-refractivity contribution in [2.75, 3.05) is 19.8 Å². The van der Waals surface area contributed by atoms with E-state index < -0.39 is 49.5 Å². The molecular formula is C84H155NO10. The van der Waals surface area contributed by atoms with Gasteiger partial charge in [-0.05, 0) is 96.3 Å². The molecule has 0 aromatic heterocycles. The van der Waals surface area contributed by atoms with Gasteiger partial charge in [0.05, 0.1) is 32.0 Å². The predicted octanol–water partition coefficient (Wildman–Crippen LogP) is 22.4. The zero-order valence-corrected chi connectivity index (χ0v) is 62.1. The van der Waals surface area contributed by atoms with Gasteiger partial charge in [-0.1, -0.05) is 351 Å². The summed E-state index contributed by atoms with van der Waals surface area (Å²) in [6, 6.07) is -0.808. The lowest BCUT2D eigenvalue weighted by Crippen LogP contribution is -2.60. The van der Waals surface area contributed by atoms with Gasteiger partial charge in [-0.25, -0.2) is 0 Å². The molecule has 0 aromatic rings. The minimum atomic E-state index is -1.57. The number of hydrogen-bond acceptors (Lipinski definition) is 10. The number of esters is 1. The minimum Gasteiger partial charge on any atom is -0.466 e. The van der Waals surface area contributed by atoms with Gasteiger partial charge in [0.2, 0.25) is 5.91 Å². The third kappa shape index (κ3) is 61.0. The Labute approximate surface area is 586 Å². The number of carbonyl (C=O) groups is 2. The van der Waals surface area contributed by atoms with Crippen LogP contribution in [0.2, 0.25) is 0 Å². The summed E-state index contributed by atoms with van der Waals surface area (Å²) in [6.07, 6.45) is 88.4. The van der Waals surface area contributed by atoms with Crippen LogP contribution in [0.15, 0.2) is 60.8 Å². The largest absolute Gasteiger partial charge is 0.466 e. The maximum Gasteiger partial charge on any atom is 0.305 e. The third-order valence-corrected chi connectivity index (χ3v) is 19.3. The summed E-state index contributed by atoms with van der Waals surface area (Å²) in [6.45, 7) is 4.35. The van der Waals surface area contributed by atoms with E-state index in [9.17, 15) is 35.1 Å². The van der Waals surface area contributed by atoms with Gasteiger partial charge in [-0.2, -0.15) is 0 Å². The van der Waals surface area contributed by atoms with Crippen molar-refractivity contribution in [1.82, 2.24) is 5.32 Å². The van der Waals surface area contributed by atoms with Crippen LogP contribution in [-0.4, -0.2) is 100 Å². The van der Waals surface area contributed by atoms with Crippen LogP contribution in [-0.2, 0) is 23.8 Å². The first-order chi connectivity index (χ1) is 46.7. The van der Waals surface area contributed by atoms with Crippen molar-refractivity contribution in [3.8, 4) is 0 Å². The summed E-state index contributed by atoms with van der Waals surface area (Å²) in [4.78, 5) is 25.2. The molecule has 0 saturated carbocycles. The quantitative estimate of drug-likeness (QED) is 0.0195. The first-order valence-corrected chi connectivity index (χ1v) is 41.1. The van der Waals surface area contributed by atoms with Gasteiger partial charge < -0.3 is 45.1 Å². The Kier molecular flexibility index (Phi) is 69.1. The number of allylic oxidation sites excluding steroid dienone is 9. The van der Waals surface area contributed by atoms with E-state index in [0.717, 1.165) is 70.6 Å². The van der Waals surface area contributed by atoms with Gasteiger partial charge in [0.15, 0.2) is 6.29 Å². The molecule has 11 nitrogen and oxygen atoms in total. The lowest BCUT2D eigenvalue weighted by molar-refractivity contribution is -0.302. The Balaban J connectivity index is 1.87. The second-order valence-corrected chi connectivity index (χ2v) is 28.5. The van der Waals surface area contributed by atoms with E-state index in [-0.39, 0.29) is 18.5 Å². The van der Waals surface area contributed by atoms with Crippen molar-refractivity contribution in [3.63, 3.8) is 0 Å². The maximum absolute atomic E-state index is 13.1. The van der Waals surface area contributed by atoms with Gasteiger partial charge in [-0.3, -0.25) is 9.59 Å². The van der Waals surface area contributed by atoms with Crippen LogP contribution in [0.1, 0.15) is 399 Å². The molecule has 0 spiro atoms. The van der Waals surface area contributed by atoms with E-state index in [1.807, 2.05) is 6.08 Å². The number of ether oxygens (including phenoxy) is 3. The van der Waals surface area contributed by atoms with E-state index in [1.165, 1.54) is 302 Å². The molecule has 1 aliphatic rings. The van der Waals surface area contributed by atoms with Crippen molar-refractivity contribution < 1.29 is 49.3 Å². The molecule has 7 atom stereocenters. The molecule has 0 bridgehead atoms. The normalized spacial score (nSPS) is 17.7. The molecule has 95 heavy (non-hydrogen) atoms. The molecule has 0 aromatic carbocycles. The first kappa shape index (κ1) is 90.4. The summed E-state index contributed by atoms with van der Waals surface area (Å²) in [5.41, 5.74) is 0. The molecule has 1 saturated heterocycles. The molecule has 1 rings (SSSR count). The van der Waals surface area contributed by atoms with Crippen molar-refractivity contribution in [1.29, 1.82) is 0 Å². The second-order valence-electron chi connectivity index (χ2n) is 28.5. The van der Waals surface area contributed by atoms with Crippen LogP contribution in [0.25, 0.3) is 0 Å². The maximum atomic E-state index is 13.1. The highest BCUT2D eigenvalue weighted by Gasteiger charge is 2.44. The highest BCUT2D eigenvalue weighted by molar-refractivity contribution is 5.76. The molecule has 1 aliphatic heterocycles. The Morgan fingerprint density at radius 1 is 0.389 bits per heavy atom. The number of unbranched alkanes of at least 4 members (excludes halogenated alkanes) is 51. The number of rotatable bonds is 73.